The maximum atomic E-state index is 4.19. The van der Waals surface area contributed by atoms with E-state index in [1.54, 1.807) is 24.3 Å². The topological polar surface area (TPSA) is 37.8 Å². The van der Waals surface area contributed by atoms with E-state index in [9.17, 15) is 0 Å². The molecule has 0 unspecified atom stereocenters. The van der Waals surface area contributed by atoms with E-state index in [1.807, 2.05) is 12.1 Å². The molecule has 0 fully saturated rings. The minimum absolute atomic E-state index is 0.842. The lowest BCUT2D eigenvalue weighted by atomic mass is 10.3. The Hall–Kier alpha value is -0.820. The molecular weight excluding hydrogens is 333 g/mol. The van der Waals surface area contributed by atoms with Crippen LogP contribution in [0.5, 0.6) is 0 Å². The quantitative estimate of drug-likeness (QED) is 0.683. The number of hydrogen-bond donors (Lipinski definition) is 1. The highest BCUT2D eigenvalue weighted by Crippen LogP contribution is 2.23. The smallest absolute Gasteiger partial charge is 0.147 e. The van der Waals surface area contributed by atoms with E-state index < -0.39 is 0 Å². The normalized spacial score (nSPS) is 10.1. The molecule has 1 aromatic heterocycles. The second-order valence-corrected chi connectivity index (χ2v) is 5.12. The third-order valence-corrected chi connectivity index (χ3v) is 3.51. The Balaban J connectivity index is 2.24. The predicted molar refractivity (Wildman–Crippen MR) is 76.3 cm³/mol. The van der Waals surface area contributed by atoms with Crippen molar-refractivity contribution >= 4 is 45.9 Å². The van der Waals surface area contributed by atoms with Crippen LogP contribution >= 0.6 is 34.4 Å². The van der Waals surface area contributed by atoms with Crippen molar-refractivity contribution in [2.75, 3.05) is 11.6 Å². The van der Waals surface area contributed by atoms with Gasteiger partial charge in [-0.3, -0.25) is 0 Å². The lowest BCUT2D eigenvalue weighted by Gasteiger charge is -2.07. The molecule has 0 saturated heterocycles. The standard InChI is InChI=1S/C11H10IN3S/c1-16-9-4-2-3-8(5-9)15-11-10(12)6-13-7-14-11/h2-7H,1H3,(H,13,14,15). The predicted octanol–water partition coefficient (Wildman–Crippen LogP) is 3.55. The van der Waals surface area contributed by atoms with Gasteiger partial charge < -0.3 is 5.32 Å². The van der Waals surface area contributed by atoms with Crippen LogP contribution in [0.2, 0.25) is 0 Å². The second kappa shape index (κ2) is 5.49. The fraction of sp³-hybridized carbons (Fsp3) is 0.0909. The van der Waals surface area contributed by atoms with Gasteiger partial charge in [-0.1, -0.05) is 6.07 Å². The molecule has 0 radical (unpaired) electrons. The highest BCUT2D eigenvalue weighted by atomic mass is 127. The summed E-state index contributed by atoms with van der Waals surface area (Å²) in [5, 5.41) is 3.27. The van der Waals surface area contributed by atoms with Crippen molar-refractivity contribution in [2.24, 2.45) is 0 Å². The molecule has 1 N–H and O–H groups in total. The SMILES string of the molecule is CSc1cccc(Nc2ncncc2I)c1. The summed E-state index contributed by atoms with van der Waals surface area (Å²) in [6.07, 6.45) is 5.39. The van der Waals surface area contributed by atoms with Crippen LogP contribution in [0.25, 0.3) is 0 Å². The molecule has 5 heteroatoms. The van der Waals surface area contributed by atoms with Crippen LogP contribution in [0, 0.1) is 3.57 Å². The third-order valence-electron chi connectivity index (χ3n) is 2.00. The van der Waals surface area contributed by atoms with Gasteiger partial charge in [-0.15, -0.1) is 11.8 Å². The highest BCUT2D eigenvalue weighted by Gasteiger charge is 2.01. The molecule has 3 nitrogen and oxygen atoms in total. The molecule has 16 heavy (non-hydrogen) atoms. The van der Waals surface area contributed by atoms with Crippen molar-refractivity contribution in [1.82, 2.24) is 9.97 Å². The van der Waals surface area contributed by atoms with Gasteiger partial charge in [0.15, 0.2) is 0 Å². The Bertz CT molecular complexity index is 490. The number of nitrogens with one attached hydrogen (secondary N) is 1. The first-order valence-corrected chi connectivity index (χ1v) is 6.96. The summed E-state index contributed by atoms with van der Waals surface area (Å²) in [6.45, 7) is 0. The average molecular weight is 343 g/mol. The fourth-order valence-electron chi connectivity index (χ4n) is 1.24. The minimum atomic E-state index is 0.842. The number of nitrogens with zero attached hydrogens (tertiary/aromatic N) is 2. The lowest BCUT2D eigenvalue weighted by molar-refractivity contribution is 1.15. The van der Waals surface area contributed by atoms with Gasteiger partial charge in [0.05, 0.1) is 3.57 Å². The number of benzene rings is 1. The molecular formula is C11H10IN3S. The van der Waals surface area contributed by atoms with Gasteiger partial charge in [-0.05, 0) is 47.0 Å². The molecule has 2 aromatic rings. The molecule has 0 bridgehead atoms. The molecule has 1 heterocycles. The van der Waals surface area contributed by atoms with Crippen molar-refractivity contribution in [3.8, 4) is 0 Å². The van der Waals surface area contributed by atoms with Gasteiger partial charge >= 0.3 is 0 Å². The molecule has 2 rings (SSSR count). The zero-order valence-electron chi connectivity index (χ0n) is 8.64. The van der Waals surface area contributed by atoms with E-state index in [0.29, 0.717) is 0 Å². The zero-order chi connectivity index (χ0) is 11.4. The summed E-state index contributed by atoms with van der Waals surface area (Å²) in [7, 11) is 0. The Kier molecular flexibility index (Phi) is 4.00. The van der Waals surface area contributed by atoms with Gasteiger partial charge in [0.1, 0.15) is 12.1 Å². The van der Waals surface area contributed by atoms with Gasteiger partial charge in [0, 0.05) is 16.8 Å². The molecule has 0 saturated carbocycles. The van der Waals surface area contributed by atoms with E-state index in [1.165, 1.54) is 4.90 Å². The number of hydrogen-bond acceptors (Lipinski definition) is 4. The molecule has 0 atom stereocenters. The molecule has 0 aliphatic rings. The number of rotatable bonds is 3. The van der Waals surface area contributed by atoms with E-state index in [4.69, 9.17) is 0 Å². The second-order valence-electron chi connectivity index (χ2n) is 3.08. The van der Waals surface area contributed by atoms with Crippen LogP contribution in [-0.4, -0.2) is 16.2 Å². The molecule has 82 valence electrons. The van der Waals surface area contributed by atoms with Crippen molar-refractivity contribution < 1.29 is 0 Å². The van der Waals surface area contributed by atoms with Gasteiger partial charge in [-0.2, -0.15) is 0 Å². The van der Waals surface area contributed by atoms with Crippen molar-refractivity contribution in [3.63, 3.8) is 0 Å². The number of aromatic nitrogens is 2. The van der Waals surface area contributed by atoms with E-state index >= 15 is 0 Å². The molecule has 0 aliphatic heterocycles. The molecule has 0 aliphatic carbocycles. The number of thioether (sulfide) groups is 1. The maximum Gasteiger partial charge on any atom is 0.147 e. The van der Waals surface area contributed by atoms with Crippen molar-refractivity contribution in [3.05, 3.63) is 40.4 Å². The first kappa shape index (κ1) is 11.7. The number of halogens is 1. The van der Waals surface area contributed by atoms with Crippen LogP contribution in [-0.2, 0) is 0 Å². The summed E-state index contributed by atoms with van der Waals surface area (Å²) < 4.78 is 1.01. The summed E-state index contributed by atoms with van der Waals surface area (Å²) >= 11 is 3.94. The molecule has 0 spiro atoms. The van der Waals surface area contributed by atoms with Crippen molar-refractivity contribution in [1.29, 1.82) is 0 Å². The summed E-state index contributed by atoms with van der Waals surface area (Å²) in [5.41, 5.74) is 1.04. The lowest BCUT2D eigenvalue weighted by Crippen LogP contribution is -1.96. The van der Waals surface area contributed by atoms with Gasteiger partial charge in [0.2, 0.25) is 0 Å². The monoisotopic (exact) mass is 343 g/mol. The average Bonchev–Trinajstić information content (AvgIpc) is 2.32. The zero-order valence-corrected chi connectivity index (χ0v) is 11.6. The first-order chi connectivity index (χ1) is 7.79. The first-order valence-electron chi connectivity index (χ1n) is 4.66. The number of anilines is 2. The summed E-state index contributed by atoms with van der Waals surface area (Å²) in [4.78, 5) is 9.38. The van der Waals surface area contributed by atoms with Crippen LogP contribution in [0.15, 0.2) is 41.7 Å². The fourth-order valence-corrected chi connectivity index (χ4v) is 2.14. The van der Waals surface area contributed by atoms with Crippen LogP contribution < -0.4 is 5.32 Å². The van der Waals surface area contributed by atoms with Gasteiger partial charge in [-0.25, -0.2) is 9.97 Å². The molecule has 0 amide bonds. The largest absolute Gasteiger partial charge is 0.339 e. The van der Waals surface area contributed by atoms with Crippen LogP contribution in [0.4, 0.5) is 11.5 Å². The Labute approximate surface area is 112 Å². The van der Waals surface area contributed by atoms with Crippen molar-refractivity contribution in [2.45, 2.75) is 4.90 Å². The van der Waals surface area contributed by atoms with Gasteiger partial charge in [0.25, 0.3) is 0 Å². The Morgan fingerprint density at radius 1 is 1.38 bits per heavy atom. The minimum Gasteiger partial charge on any atom is -0.339 e. The maximum absolute atomic E-state index is 4.19. The van der Waals surface area contributed by atoms with Crippen LogP contribution in [0.1, 0.15) is 0 Å². The Morgan fingerprint density at radius 3 is 3.00 bits per heavy atom. The van der Waals surface area contributed by atoms with E-state index in [-0.39, 0.29) is 0 Å². The summed E-state index contributed by atoms with van der Waals surface area (Å²) in [5.74, 6) is 0.842. The van der Waals surface area contributed by atoms with E-state index in [2.05, 4.69) is 56.3 Å². The van der Waals surface area contributed by atoms with E-state index in [0.717, 1.165) is 15.1 Å². The highest BCUT2D eigenvalue weighted by molar-refractivity contribution is 14.1. The summed E-state index contributed by atoms with van der Waals surface area (Å²) in [6, 6.07) is 8.24. The third kappa shape index (κ3) is 2.85. The Morgan fingerprint density at radius 2 is 2.25 bits per heavy atom. The van der Waals surface area contributed by atoms with Crippen LogP contribution in [0.3, 0.4) is 0 Å². The molecule has 1 aromatic carbocycles.